The van der Waals surface area contributed by atoms with E-state index in [1.54, 1.807) is 18.5 Å². The highest BCUT2D eigenvalue weighted by atomic mass is 19.1. The van der Waals surface area contributed by atoms with E-state index >= 15 is 0 Å². The lowest BCUT2D eigenvalue weighted by Gasteiger charge is -2.25. The van der Waals surface area contributed by atoms with E-state index < -0.39 is 0 Å². The predicted octanol–water partition coefficient (Wildman–Crippen LogP) is 2.59. The third-order valence-corrected chi connectivity index (χ3v) is 3.81. The van der Waals surface area contributed by atoms with Crippen molar-refractivity contribution < 1.29 is 4.39 Å². The zero-order valence-electron chi connectivity index (χ0n) is 11.9. The largest absolute Gasteiger partial charge is 0.330 e. The van der Waals surface area contributed by atoms with Crippen LogP contribution >= 0.6 is 0 Å². The van der Waals surface area contributed by atoms with E-state index in [0.717, 1.165) is 49.4 Å². The maximum absolute atomic E-state index is 13.6. The minimum Gasteiger partial charge on any atom is -0.330 e. The van der Waals surface area contributed by atoms with Gasteiger partial charge in [-0.2, -0.15) is 0 Å². The Labute approximate surface area is 123 Å². The lowest BCUT2D eigenvalue weighted by Crippen LogP contribution is -2.23. The maximum atomic E-state index is 13.6. The molecule has 0 radical (unpaired) electrons. The molecule has 2 aromatic rings. The fourth-order valence-electron chi connectivity index (χ4n) is 2.83. The van der Waals surface area contributed by atoms with Gasteiger partial charge in [-0.25, -0.2) is 14.4 Å². The highest BCUT2D eigenvalue weighted by Crippen LogP contribution is 2.32. The molecule has 1 aliphatic rings. The summed E-state index contributed by atoms with van der Waals surface area (Å²) in [6.07, 6.45) is 5.52. The fraction of sp³-hybridized carbons (Fsp3) is 0.375. The number of benzene rings is 1. The average molecular weight is 286 g/mol. The summed E-state index contributed by atoms with van der Waals surface area (Å²) in [5.74, 6) is 0.660. The minimum absolute atomic E-state index is 0.240. The molecule has 0 amide bonds. The molecule has 0 fully saturated rings. The van der Waals surface area contributed by atoms with Crippen LogP contribution < -0.4 is 10.6 Å². The topological polar surface area (TPSA) is 55.0 Å². The lowest BCUT2D eigenvalue weighted by molar-refractivity contribution is 0.627. The number of aryl methyl sites for hydroxylation is 1. The monoisotopic (exact) mass is 286 g/mol. The van der Waals surface area contributed by atoms with Gasteiger partial charge < -0.3 is 10.6 Å². The zero-order valence-corrected chi connectivity index (χ0v) is 11.9. The van der Waals surface area contributed by atoms with Crippen molar-refractivity contribution in [1.29, 1.82) is 0 Å². The van der Waals surface area contributed by atoms with E-state index in [9.17, 15) is 4.39 Å². The first kappa shape index (κ1) is 13.9. The third-order valence-electron chi connectivity index (χ3n) is 3.81. The van der Waals surface area contributed by atoms with Crippen LogP contribution in [0.4, 0.5) is 15.9 Å². The standard InChI is InChI=1S/C16H19FN4/c17-12-4-1-5-13(10-12)21(9-3-8-18)16-14-6-2-7-15(14)19-11-20-16/h1,4-5,10-11H,2-3,6-9,18H2. The van der Waals surface area contributed by atoms with Gasteiger partial charge in [0.2, 0.25) is 0 Å². The molecule has 0 aliphatic heterocycles. The van der Waals surface area contributed by atoms with E-state index in [-0.39, 0.29) is 5.82 Å². The molecule has 2 N–H and O–H groups in total. The molecule has 1 aromatic heterocycles. The van der Waals surface area contributed by atoms with Crippen molar-refractivity contribution in [3.8, 4) is 0 Å². The van der Waals surface area contributed by atoms with Gasteiger partial charge in [0.1, 0.15) is 18.0 Å². The molecule has 1 aliphatic carbocycles. The molecular weight excluding hydrogens is 267 g/mol. The number of rotatable bonds is 5. The van der Waals surface area contributed by atoms with Gasteiger partial charge in [0.05, 0.1) is 0 Å². The maximum Gasteiger partial charge on any atom is 0.139 e. The van der Waals surface area contributed by atoms with Crippen LogP contribution in [0.1, 0.15) is 24.1 Å². The Morgan fingerprint density at radius 3 is 2.95 bits per heavy atom. The molecular formula is C16H19FN4. The van der Waals surface area contributed by atoms with Gasteiger partial charge in [-0.05, 0) is 50.4 Å². The van der Waals surface area contributed by atoms with Crippen LogP contribution in [0.15, 0.2) is 30.6 Å². The first-order chi connectivity index (χ1) is 10.3. The Hall–Kier alpha value is -2.01. The van der Waals surface area contributed by atoms with Crippen molar-refractivity contribution in [2.45, 2.75) is 25.7 Å². The normalized spacial score (nSPS) is 13.2. The van der Waals surface area contributed by atoms with E-state index in [0.29, 0.717) is 6.54 Å². The number of fused-ring (bicyclic) bond motifs is 1. The van der Waals surface area contributed by atoms with Crippen LogP contribution in [-0.4, -0.2) is 23.1 Å². The molecule has 3 rings (SSSR count). The Morgan fingerprint density at radius 1 is 1.24 bits per heavy atom. The number of hydrogen-bond acceptors (Lipinski definition) is 4. The van der Waals surface area contributed by atoms with Gasteiger partial charge >= 0.3 is 0 Å². The Bertz CT molecular complexity index is 629. The molecule has 110 valence electrons. The number of nitrogens with two attached hydrogens (primary N) is 1. The number of nitrogens with zero attached hydrogens (tertiary/aromatic N) is 3. The van der Waals surface area contributed by atoms with Crippen LogP contribution in [0, 0.1) is 5.82 Å². The molecule has 5 heteroatoms. The quantitative estimate of drug-likeness (QED) is 0.918. The van der Waals surface area contributed by atoms with E-state index in [1.165, 1.54) is 11.6 Å². The van der Waals surface area contributed by atoms with Crippen LogP contribution in [-0.2, 0) is 12.8 Å². The summed E-state index contributed by atoms with van der Waals surface area (Å²) >= 11 is 0. The second kappa shape index (κ2) is 6.18. The molecule has 0 bridgehead atoms. The van der Waals surface area contributed by atoms with Crippen molar-refractivity contribution in [3.63, 3.8) is 0 Å². The highest BCUT2D eigenvalue weighted by Gasteiger charge is 2.22. The molecule has 0 atom stereocenters. The predicted molar refractivity (Wildman–Crippen MR) is 81.1 cm³/mol. The first-order valence-electron chi connectivity index (χ1n) is 7.35. The van der Waals surface area contributed by atoms with Crippen LogP contribution in [0.25, 0.3) is 0 Å². The summed E-state index contributed by atoms with van der Waals surface area (Å²) in [6.45, 7) is 1.32. The molecule has 1 aromatic carbocycles. The summed E-state index contributed by atoms with van der Waals surface area (Å²) in [5, 5.41) is 0. The SMILES string of the molecule is NCCCN(c1cccc(F)c1)c1ncnc2c1CCC2. The van der Waals surface area contributed by atoms with Gasteiger partial charge in [0, 0.05) is 23.5 Å². The van der Waals surface area contributed by atoms with Gasteiger partial charge in [-0.1, -0.05) is 6.07 Å². The molecule has 0 saturated heterocycles. The number of hydrogen-bond donors (Lipinski definition) is 1. The first-order valence-corrected chi connectivity index (χ1v) is 7.35. The number of aromatic nitrogens is 2. The van der Waals surface area contributed by atoms with Crippen LogP contribution in [0.5, 0.6) is 0 Å². The molecule has 0 spiro atoms. The van der Waals surface area contributed by atoms with Gasteiger partial charge in [0.15, 0.2) is 0 Å². The molecule has 21 heavy (non-hydrogen) atoms. The van der Waals surface area contributed by atoms with Crippen molar-refractivity contribution in [3.05, 3.63) is 47.7 Å². The molecule has 0 unspecified atom stereocenters. The lowest BCUT2D eigenvalue weighted by atomic mass is 10.2. The number of halogens is 1. The van der Waals surface area contributed by atoms with Crippen molar-refractivity contribution in [1.82, 2.24) is 9.97 Å². The minimum atomic E-state index is -0.240. The smallest absolute Gasteiger partial charge is 0.139 e. The summed E-state index contributed by atoms with van der Waals surface area (Å²) in [6, 6.07) is 6.62. The van der Waals surface area contributed by atoms with E-state index in [4.69, 9.17) is 5.73 Å². The molecule has 0 saturated carbocycles. The van der Waals surface area contributed by atoms with Crippen molar-refractivity contribution in [2.24, 2.45) is 5.73 Å². The van der Waals surface area contributed by atoms with Crippen molar-refractivity contribution in [2.75, 3.05) is 18.0 Å². The number of anilines is 2. The Morgan fingerprint density at radius 2 is 2.14 bits per heavy atom. The summed E-state index contributed by atoms with van der Waals surface area (Å²) < 4.78 is 13.6. The van der Waals surface area contributed by atoms with E-state index in [2.05, 4.69) is 14.9 Å². The zero-order chi connectivity index (χ0) is 14.7. The van der Waals surface area contributed by atoms with Gasteiger partial charge in [-0.15, -0.1) is 0 Å². The third kappa shape index (κ3) is 2.88. The molecule has 4 nitrogen and oxygen atoms in total. The summed E-state index contributed by atoms with van der Waals surface area (Å²) in [5.41, 5.74) is 8.77. The van der Waals surface area contributed by atoms with Crippen LogP contribution in [0.2, 0.25) is 0 Å². The Balaban J connectivity index is 2.02. The Kier molecular flexibility index (Phi) is 4.10. The van der Waals surface area contributed by atoms with Crippen LogP contribution in [0.3, 0.4) is 0 Å². The summed E-state index contributed by atoms with van der Waals surface area (Å²) in [4.78, 5) is 10.9. The highest BCUT2D eigenvalue weighted by molar-refractivity contribution is 5.64. The summed E-state index contributed by atoms with van der Waals surface area (Å²) in [7, 11) is 0. The average Bonchev–Trinajstić information content (AvgIpc) is 2.97. The van der Waals surface area contributed by atoms with E-state index in [1.807, 2.05) is 6.07 Å². The molecule has 1 heterocycles. The second-order valence-corrected chi connectivity index (χ2v) is 5.25. The van der Waals surface area contributed by atoms with Gasteiger partial charge in [-0.3, -0.25) is 0 Å². The van der Waals surface area contributed by atoms with Gasteiger partial charge in [0.25, 0.3) is 0 Å². The second-order valence-electron chi connectivity index (χ2n) is 5.25. The fourth-order valence-corrected chi connectivity index (χ4v) is 2.83. The van der Waals surface area contributed by atoms with Crippen molar-refractivity contribution >= 4 is 11.5 Å².